The summed E-state index contributed by atoms with van der Waals surface area (Å²) in [5.74, 6) is 2.48. The van der Waals surface area contributed by atoms with Crippen molar-refractivity contribution >= 4 is 35.1 Å². The minimum absolute atomic E-state index is 0.0697. The molecule has 2 aliphatic rings. The predicted octanol–water partition coefficient (Wildman–Crippen LogP) is 3.39. The molecular weight excluding hydrogens is 388 g/mol. The summed E-state index contributed by atoms with van der Waals surface area (Å²) in [5.41, 5.74) is 2.60. The molecule has 0 spiro atoms. The summed E-state index contributed by atoms with van der Waals surface area (Å²) in [6.07, 6.45) is 0.185. The van der Waals surface area contributed by atoms with Crippen molar-refractivity contribution in [1.82, 2.24) is 9.78 Å². The fraction of sp³-hybridized carbons (Fsp3) is 0.476. The van der Waals surface area contributed by atoms with Crippen molar-refractivity contribution in [2.24, 2.45) is 5.92 Å². The SMILES string of the molecule is COc1ccccc1N1C[C@@H](C(=O)Nc2c3c(nn2C(C)(C)C)CSC3)CC1=O. The van der Waals surface area contributed by atoms with Gasteiger partial charge in [-0.3, -0.25) is 9.59 Å². The van der Waals surface area contributed by atoms with Gasteiger partial charge in [0.25, 0.3) is 0 Å². The Bertz CT molecular complexity index is 963. The van der Waals surface area contributed by atoms with Gasteiger partial charge in [0.2, 0.25) is 11.8 Å². The zero-order valence-electron chi connectivity index (χ0n) is 17.2. The van der Waals surface area contributed by atoms with Gasteiger partial charge in [-0.25, -0.2) is 4.68 Å². The number of rotatable bonds is 4. The molecule has 4 rings (SSSR count). The lowest BCUT2D eigenvalue weighted by Gasteiger charge is -2.24. The van der Waals surface area contributed by atoms with Crippen LogP contribution in [0.3, 0.4) is 0 Å². The van der Waals surface area contributed by atoms with E-state index in [0.29, 0.717) is 18.0 Å². The Morgan fingerprint density at radius 3 is 2.76 bits per heavy atom. The van der Waals surface area contributed by atoms with Crippen LogP contribution in [0, 0.1) is 5.92 Å². The van der Waals surface area contributed by atoms with Crippen LogP contribution in [0.25, 0.3) is 0 Å². The number of carbonyl (C=O) groups excluding carboxylic acids is 2. The first kappa shape index (κ1) is 19.8. The molecule has 1 aromatic heterocycles. The number of ether oxygens (including phenoxy) is 1. The van der Waals surface area contributed by atoms with E-state index in [0.717, 1.165) is 28.6 Å². The summed E-state index contributed by atoms with van der Waals surface area (Å²) in [4.78, 5) is 27.4. The van der Waals surface area contributed by atoms with E-state index in [9.17, 15) is 9.59 Å². The standard InChI is InChI=1S/C21H26N4O3S/c1-21(2,3)25-19(14-11-29-12-15(14)23-25)22-20(27)13-9-18(26)24(10-13)16-7-5-6-8-17(16)28-4/h5-8,13H,9-12H2,1-4H3,(H,22,27)/t13-/m0/s1. The van der Waals surface area contributed by atoms with E-state index < -0.39 is 5.92 Å². The number of nitrogens with one attached hydrogen (secondary N) is 1. The summed E-state index contributed by atoms with van der Waals surface area (Å²) in [6.45, 7) is 6.55. The maximum absolute atomic E-state index is 13.1. The molecule has 29 heavy (non-hydrogen) atoms. The van der Waals surface area contributed by atoms with Crippen LogP contribution in [-0.4, -0.2) is 35.2 Å². The number of thioether (sulfide) groups is 1. The van der Waals surface area contributed by atoms with Gasteiger partial charge in [0.1, 0.15) is 11.6 Å². The van der Waals surface area contributed by atoms with Gasteiger partial charge in [0, 0.05) is 30.0 Å². The molecule has 0 radical (unpaired) electrons. The first-order chi connectivity index (χ1) is 13.8. The summed E-state index contributed by atoms with van der Waals surface area (Å²) < 4.78 is 7.29. The molecule has 1 fully saturated rings. The van der Waals surface area contributed by atoms with Crippen LogP contribution >= 0.6 is 11.8 Å². The number of carbonyl (C=O) groups is 2. The average Bonchev–Trinajstić information content (AvgIpc) is 3.37. The maximum atomic E-state index is 13.1. The minimum Gasteiger partial charge on any atom is -0.495 e. The van der Waals surface area contributed by atoms with Gasteiger partial charge in [-0.2, -0.15) is 16.9 Å². The number of benzene rings is 1. The highest BCUT2D eigenvalue weighted by Crippen LogP contribution is 2.38. The molecule has 1 saturated heterocycles. The second-order valence-corrected chi connectivity index (χ2v) is 9.40. The third-order valence-electron chi connectivity index (χ3n) is 5.30. The van der Waals surface area contributed by atoms with Crippen LogP contribution in [0.1, 0.15) is 38.4 Å². The monoisotopic (exact) mass is 414 g/mol. The maximum Gasteiger partial charge on any atom is 0.230 e. The molecule has 0 aliphatic carbocycles. The molecule has 8 heteroatoms. The highest BCUT2D eigenvalue weighted by atomic mass is 32.2. The molecule has 154 valence electrons. The third kappa shape index (κ3) is 3.61. The van der Waals surface area contributed by atoms with Crippen molar-refractivity contribution < 1.29 is 14.3 Å². The molecule has 1 N–H and O–H groups in total. The first-order valence-corrected chi connectivity index (χ1v) is 10.9. The summed E-state index contributed by atoms with van der Waals surface area (Å²) >= 11 is 1.80. The quantitative estimate of drug-likeness (QED) is 0.830. The largest absolute Gasteiger partial charge is 0.495 e. The summed E-state index contributed by atoms with van der Waals surface area (Å²) in [6, 6.07) is 7.38. The lowest BCUT2D eigenvalue weighted by atomic mass is 10.1. The molecule has 0 bridgehead atoms. The average molecular weight is 415 g/mol. The van der Waals surface area contributed by atoms with Crippen LogP contribution in [0.4, 0.5) is 11.5 Å². The molecular formula is C21H26N4O3S. The zero-order chi connectivity index (χ0) is 20.8. The third-order valence-corrected chi connectivity index (χ3v) is 6.27. The van der Waals surface area contributed by atoms with Gasteiger partial charge < -0.3 is 15.0 Å². The van der Waals surface area contributed by atoms with E-state index in [-0.39, 0.29) is 23.8 Å². The Morgan fingerprint density at radius 2 is 2.03 bits per heavy atom. The second-order valence-electron chi connectivity index (χ2n) is 8.42. The van der Waals surface area contributed by atoms with E-state index >= 15 is 0 Å². The van der Waals surface area contributed by atoms with E-state index in [1.165, 1.54) is 0 Å². The number of amides is 2. The Balaban J connectivity index is 1.56. The van der Waals surface area contributed by atoms with E-state index in [1.807, 2.05) is 28.9 Å². The van der Waals surface area contributed by atoms with Crippen LogP contribution in [0.15, 0.2) is 24.3 Å². The predicted molar refractivity (Wildman–Crippen MR) is 114 cm³/mol. The highest BCUT2D eigenvalue weighted by Gasteiger charge is 2.38. The fourth-order valence-corrected chi connectivity index (χ4v) is 4.85. The normalized spacial score (nSPS) is 18.8. The van der Waals surface area contributed by atoms with E-state index in [2.05, 4.69) is 26.1 Å². The number of hydrogen-bond acceptors (Lipinski definition) is 5. The second kappa shape index (κ2) is 7.40. The molecule has 7 nitrogen and oxygen atoms in total. The van der Waals surface area contributed by atoms with Gasteiger partial charge in [-0.15, -0.1) is 0 Å². The van der Waals surface area contributed by atoms with Crippen LogP contribution in [0.5, 0.6) is 5.75 Å². The number of para-hydroxylation sites is 2. The van der Waals surface area contributed by atoms with Crippen molar-refractivity contribution in [1.29, 1.82) is 0 Å². The van der Waals surface area contributed by atoms with Crippen molar-refractivity contribution in [3.8, 4) is 5.75 Å². The van der Waals surface area contributed by atoms with Crippen molar-refractivity contribution in [3.63, 3.8) is 0 Å². The van der Waals surface area contributed by atoms with Gasteiger partial charge >= 0.3 is 0 Å². The highest BCUT2D eigenvalue weighted by molar-refractivity contribution is 7.98. The number of anilines is 2. The Labute approximate surface area is 174 Å². The van der Waals surface area contributed by atoms with Crippen molar-refractivity contribution in [3.05, 3.63) is 35.5 Å². The van der Waals surface area contributed by atoms with Crippen LogP contribution < -0.4 is 15.0 Å². The van der Waals surface area contributed by atoms with Crippen molar-refractivity contribution in [2.75, 3.05) is 23.9 Å². The van der Waals surface area contributed by atoms with Gasteiger partial charge in [0.05, 0.1) is 29.9 Å². The van der Waals surface area contributed by atoms with Crippen LogP contribution in [-0.2, 0) is 26.6 Å². The minimum atomic E-state index is -0.416. The molecule has 1 atom stereocenters. The number of methoxy groups -OCH3 is 1. The molecule has 2 aromatic rings. The molecule has 0 saturated carbocycles. The lowest BCUT2D eigenvalue weighted by Crippen LogP contribution is -2.31. The van der Waals surface area contributed by atoms with E-state index in [4.69, 9.17) is 9.84 Å². The number of nitrogens with zero attached hydrogens (tertiary/aromatic N) is 3. The van der Waals surface area contributed by atoms with Gasteiger partial charge in [-0.1, -0.05) is 12.1 Å². The van der Waals surface area contributed by atoms with Crippen LogP contribution in [0.2, 0.25) is 0 Å². The Morgan fingerprint density at radius 1 is 1.28 bits per heavy atom. The smallest absolute Gasteiger partial charge is 0.230 e. The molecule has 3 heterocycles. The topological polar surface area (TPSA) is 76.5 Å². The van der Waals surface area contributed by atoms with Gasteiger partial charge in [-0.05, 0) is 32.9 Å². The van der Waals surface area contributed by atoms with Crippen molar-refractivity contribution in [2.45, 2.75) is 44.2 Å². The first-order valence-electron chi connectivity index (χ1n) is 9.73. The van der Waals surface area contributed by atoms with E-state index in [1.54, 1.807) is 23.8 Å². The zero-order valence-corrected chi connectivity index (χ0v) is 18.0. The summed E-state index contributed by atoms with van der Waals surface area (Å²) in [7, 11) is 1.58. The number of aromatic nitrogens is 2. The van der Waals surface area contributed by atoms with Gasteiger partial charge in [0.15, 0.2) is 0 Å². The lowest BCUT2D eigenvalue weighted by molar-refractivity contribution is -0.122. The molecule has 2 aliphatic heterocycles. The molecule has 2 amide bonds. The fourth-order valence-electron chi connectivity index (χ4n) is 3.81. The Hall–Kier alpha value is -2.48. The molecule has 0 unspecified atom stereocenters. The molecule has 1 aromatic carbocycles. The summed E-state index contributed by atoms with van der Waals surface area (Å²) in [5, 5.41) is 7.83. The number of hydrogen-bond donors (Lipinski definition) is 1. The number of fused-ring (bicyclic) bond motifs is 1. The Kier molecular flexibility index (Phi) is 5.06.